The van der Waals surface area contributed by atoms with E-state index in [4.69, 9.17) is 5.11 Å². The molecule has 0 fully saturated rings. The van der Waals surface area contributed by atoms with Crippen LogP contribution in [0.15, 0.2) is 15.5 Å². The number of rotatable bonds is 2. The van der Waals surface area contributed by atoms with Gasteiger partial charge in [-0.1, -0.05) is 0 Å². The Morgan fingerprint density at radius 3 is 2.82 bits per heavy atom. The van der Waals surface area contributed by atoms with Crippen LogP contribution in [0.3, 0.4) is 0 Å². The largest absolute Gasteiger partial charge is 0.390 e. The van der Waals surface area contributed by atoms with Crippen molar-refractivity contribution in [3.05, 3.63) is 32.4 Å². The van der Waals surface area contributed by atoms with Gasteiger partial charge in [0.2, 0.25) is 0 Å². The highest BCUT2D eigenvalue weighted by atomic mass is 79.9. The highest BCUT2D eigenvalue weighted by Gasteiger charge is 2.19. The Morgan fingerprint density at radius 2 is 2.24 bits per heavy atom. The number of hydrogen-bond acceptors (Lipinski definition) is 4. The quantitative estimate of drug-likeness (QED) is 0.824. The average molecular weight is 306 g/mol. The lowest BCUT2D eigenvalue weighted by molar-refractivity contribution is 0.147. The van der Waals surface area contributed by atoms with E-state index in [1.54, 1.807) is 0 Å². The van der Waals surface area contributed by atoms with Crippen molar-refractivity contribution in [3.63, 3.8) is 0 Å². The van der Waals surface area contributed by atoms with E-state index in [2.05, 4.69) is 31.1 Å². The van der Waals surface area contributed by atoms with Crippen molar-refractivity contribution in [3.8, 4) is 0 Å². The molecular weight excluding hydrogens is 300 g/mol. The minimum Gasteiger partial charge on any atom is -0.390 e. The lowest BCUT2D eigenvalue weighted by Gasteiger charge is -2.07. The Morgan fingerprint density at radius 1 is 1.53 bits per heavy atom. The molecule has 0 atom stereocenters. The first-order valence-corrected chi connectivity index (χ1v) is 5.30. The SMILES string of the molecule is O=c1[nH]nc(CO)c2cc(Br)nc(C(F)F)c12. The van der Waals surface area contributed by atoms with E-state index < -0.39 is 24.3 Å². The van der Waals surface area contributed by atoms with Gasteiger partial charge in [0.25, 0.3) is 12.0 Å². The summed E-state index contributed by atoms with van der Waals surface area (Å²) in [5.74, 6) is 0. The summed E-state index contributed by atoms with van der Waals surface area (Å²) in [6.07, 6.45) is -2.88. The molecule has 2 rings (SSSR count). The minimum atomic E-state index is -2.88. The van der Waals surface area contributed by atoms with Gasteiger partial charge in [0, 0.05) is 5.39 Å². The Labute approximate surface area is 102 Å². The lowest BCUT2D eigenvalue weighted by atomic mass is 10.1. The van der Waals surface area contributed by atoms with Gasteiger partial charge < -0.3 is 5.11 Å². The van der Waals surface area contributed by atoms with Crippen LogP contribution in [-0.2, 0) is 6.61 Å². The third-order valence-corrected chi connectivity index (χ3v) is 2.61. The van der Waals surface area contributed by atoms with Crippen molar-refractivity contribution in [1.29, 1.82) is 0 Å². The molecule has 5 nitrogen and oxygen atoms in total. The van der Waals surface area contributed by atoms with E-state index >= 15 is 0 Å². The molecule has 0 saturated heterocycles. The van der Waals surface area contributed by atoms with Crippen molar-refractivity contribution >= 4 is 26.7 Å². The number of nitrogens with zero attached hydrogens (tertiary/aromatic N) is 2. The molecule has 2 heterocycles. The molecule has 0 amide bonds. The highest BCUT2D eigenvalue weighted by Crippen LogP contribution is 2.27. The molecule has 0 bridgehead atoms. The predicted octanol–water partition coefficient (Wildman–Crippen LogP) is 1.51. The van der Waals surface area contributed by atoms with Gasteiger partial charge >= 0.3 is 0 Å². The molecule has 17 heavy (non-hydrogen) atoms. The van der Waals surface area contributed by atoms with Gasteiger partial charge in [0.15, 0.2) is 0 Å². The summed E-state index contributed by atoms with van der Waals surface area (Å²) < 4.78 is 25.7. The van der Waals surface area contributed by atoms with Gasteiger partial charge in [0.05, 0.1) is 17.7 Å². The fraction of sp³-hybridized carbons (Fsp3) is 0.222. The number of aliphatic hydroxyl groups excluding tert-OH is 1. The lowest BCUT2D eigenvalue weighted by Crippen LogP contribution is -2.14. The van der Waals surface area contributed by atoms with Crippen molar-refractivity contribution in [1.82, 2.24) is 15.2 Å². The molecule has 2 N–H and O–H groups in total. The van der Waals surface area contributed by atoms with Crippen LogP contribution < -0.4 is 5.56 Å². The molecule has 90 valence electrons. The predicted molar refractivity (Wildman–Crippen MR) is 58.7 cm³/mol. The third-order valence-electron chi connectivity index (χ3n) is 2.20. The van der Waals surface area contributed by atoms with Crippen molar-refractivity contribution in [2.24, 2.45) is 0 Å². The molecule has 2 aromatic heterocycles. The number of alkyl halides is 2. The third kappa shape index (κ3) is 2.05. The Hall–Kier alpha value is -1.41. The van der Waals surface area contributed by atoms with Gasteiger partial charge in [-0.25, -0.2) is 18.9 Å². The average Bonchev–Trinajstić information content (AvgIpc) is 2.28. The van der Waals surface area contributed by atoms with Crippen LogP contribution in [0.4, 0.5) is 8.78 Å². The van der Waals surface area contributed by atoms with Crippen molar-refractivity contribution < 1.29 is 13.9 Å². The van der Waals surface area contributed by atoms with E-state index in [0.717, 1.165) is 0 Å². The number of nitrogens with one attached hydrogen (secondary N) is 1. The molecule has 0 saturated carbocycles. The maximum absolute atomic E-state index is 12.8. The van der Waals surface area contributed by atoms with Crippen LogP contribution >= 0.6 is 15.9 Å². The number of H-pyrrole nitrogens is 1. The van der Waals surface area contributed by atoms with E-state index in [1.807, 2.05) is 0 Å². The Balaban J connectivity index is 2.97. The zero-order valence-corrected chi connectivity index (χ0v) is 9.83. The van der Waals surface area contributed by atoms with E-state index in [-0.39, 0.29) is 21.1 Å². The molecule has 0 aliphatic rings. The fourth-order valence-corrected chi connectivity index (χ4v) is 1.93. The second kappa shape index (κ2) is 4.46. The maximum Gasteiger partial charge on any atom is 0.281 e. The van der Waals surface area contributed by atoms with Crippen molar-refractivity contribution in [2.75, 3.05) is 0 Å². The summed E-state index contributed by atoms with van der Waals surface area (Å²) in [4.78, 5) is 15.1. The van der Waals surface area contributed by atoms with Gasteiger partial charge in [-0.05, 0) is 22.0 Å². The van der Waals surface area contributed by atoms with Gasteiger partial charge in [0.1, 0.15) is 10.3 Å². The number of hydrogen-bond donors (Lipinski definition) is 2. The number of halogens is 3. The number of aromatic amines is 1. The van der Waals surface area contributed by atoms with Crippen LogP contribution in [0.2, 0.25) is 0 Å². The molecular formula is C9H6BrF2N3O2. The summed E-state index contributed by atoms with van der Waals surface area (Å²) >= 11 is 2.97. The first-order chi connectivity index (χ1) is 8.04. The van der Waals surface area contributed by atoms with Crippen LogP contribution in [0.25, 0.3) is 10.8 Å². The Bertz CT molecular complexity index is 629. The number of aliphatic hydroxyl groups is 1. The number of pyridine rings is 1. The second-order valence-electron chi connectivity index (χ2n) is 3.21. The van der Waals surface area contributed by atoms with Gasteiger partial charge in [-0.3, -0.25) is 4.79 Å². The van der Waals surface area contributed by atoms with Crippen LogP contribution in [-0.4, -0.2) is 20.3 Å². The van der Waals surface area contributed by atoms with Crippen LogP contribution in [0.5, 0.6) is 0 Å². The van der Waals surface area contributed by atoms with E-state index in [9.17, 15) is 13.6 Å². The first-order valence-electron chi connectivity index (χ1n) is 4.51. The Kier molecular flexibility index (Phi) is 3.16. The summed E-state index contributed by atoms with van der Waals surface area (Å²) in [7, 11) is 0. The molecule has 0 aliphatic carbocycles. The van der Waals surface area contributed by atoms with Gasteiger partial charge in [-0.2, -0.15) is 5.10 Å². The van der Waals surface area contributed by atoms with Crippen LogP contribution in [0.1, 0.15) is 17.8 Å². The van der Waals surface area contributed by atoms with Crippen molar-refractivity contribution in [2.45, 2.75) is 13.0 Å². The molecule has 2 aromatic rings. The van der Waals surface area contributed by atoms with Crippen LogP contribution in [0, 0.1) is 0 Å². The molecule has 0 aromatic carbocycles. The second-order valence-corrected chi connectivity index (χ2v) is 4.02. The fourth-order valence-electron chi connectivity index (χ4n) is 1.51. The van der Waals surface area contributed by atoms with Gasteiger partial charge in [-0.15, -0.1) is 0 Å². The topological polar surface area (TPSA) is 78.9 Å². The molecule has 0 aliphatic heterocycles. The highest BCUT2D eigenvalue weighted by molar-refractivity contribution is 9.10. The van der Waals surface area contributed by atoms with E-state index in [0.29, 0.717) is 0 Å². The number of aromatic nitrogens is 3. The summed E-state index contributed by atoms with van der Waals surface area (Å²) in [5.41, 5.74) is -1.27. The smallest absolute Gasteiger partial charge is 0.281 e. The first kappa shape index (κ1) is 12.1. The normalized spacial score (nSPS) is 11.4. The molecule has 8 heteroatoms. The molecule has 0 spiro atoms. The summed E-state index contributed by atoms with van der Waals surface area (Å²) in [6.45, 7) is -0.466. The summed E-state index contributed by atoms with van der Waals surface area (Å²) in [6, 6.07) is 1.37. The minimum absolute atomic E-state index is 0.115. The summed E-state index contributed by atoms with van der Waals surface area (Å²) in [5, 5.41) is 14.6. The van der Waals surface area contributed by atoms with E-state index in [1.165, 1.54) is 6.07 Å². The zero-order chi connectivity index (χ0) is 12.6. The standard InChI is InChI=1S/C9H6BrF2N3O2/c10-5-1-3-4(2-16)14-15-9(17)6(3)7(13-5)8(11)12/h1,8,16H,2H2,(H,15,17). The molecule has 0 unspecified atom stereocenters. The zero-order valence-electron chi connectivity index (χ0n) is 8.25. The maximum atomic E-state index is 12.8. The number of fused-ring (bicyclic) bond motifs is 1. The monoisotopic (exact) mass is 305 g/mol. The molecule has 0 radical (unpaired) electrons.